The Kier molecular flexibility index (Phi) is 9.06. The summed E-state index contributed by atoms with van der Waals surface area (Å²) in [7, 11) is 0. The number of thiophene rings is 1. The topological polar surface area (TPSA) is 90.0 Å². The van der Waals surface area contributed by atoms with Crippen LogP contribution in [0, 0.1) is 26.7 Å². The van der Waals surface area contributed by atoms with Gasteiger partial charge < -0.3 is 20.0 Å². The fraction of sp³-hybridized carbons (Fsp3) is 0.354. The fourth-order valence-corrected chi connectivity index (χ4v) is 11.4. The van der Waals surface area contributed by atoms with Crippen molar-refractivity contribution in [2.75, 3.05) is 36.0 Å². The van der Waals surface area contributed by atoms with E-state index in [1.165, 1.54) is 43.9 Å². The van der Waals surface area contributed by atoms with E-state index >= 15 is 0 Å². The van der Waals surface area contributed by atoms with Gasteiger partial charge in [0.05, 0.1) is 11.3 Å². The molecular formula is C48H50N6O2S. The molecule has 4 aromatic carbocycles. The van der Waals surface area contributed by atoms with Gasteiger partial charge in [0, 0.05) is 59.5 Å². The first-order chi connectivity index (χ1) is 27.7. The number of nitrogens with zero attached hydrogens (tertiary/aromatic N) is 6. The van der Waals surface area contributed by atoms with Crippen LogP contribution < -0.4 is 9.80 Å². The Morgan fingerprint density at radius 3 is 2.26 bits per heavy atom. The summed E-state index contributed by atoms with van der Waals surface area (Å²) in [5.74, 6) is 3.30. The van der Waals surface area contributed by atoms with E-state index in [2.05, 4.69) is 123 Å². The number of aliphatic hydroxyl groups is 1. The largest absolute Gasteiger partial charge is 0.508 e. The van der Waals surface area contributed by atoms with Gasteiger partial charge in [-0.1, -0.05) is 60.7 Å². The number of fused-ring (bicyclic) bond motifs is 4. The van der Waals surface area contributed by atoms with Crippen LogP contribution in [0.4, 0.5) is 11.4 Å². The summed E-state index contributed by atoms with van der Waals surface area (Å²) < 4.78 is 2.17. The van der Waals surface area contributed by atoms with Crippen LogP contribution in [0.2, 0.25) is 0 Å². The van der Waals surface area contributed by atoms with Gasteiger partial charge >= 0.3 is 0 Å². The van der Waals surface area contributed by atoms with Gasteiger partial charge in [-0.3, -0.25) is 9.56 Å². The average molecular weight is 775 g/mol. The van der Waals surface area contributed by atoms with Gasteiger partial charge in [-0.25, -0.2) is 0 Å². The molecule has 6 aromatic rings. The van der Waals surface area contributed by atoms with E-state index in [9.17, 15) is 10.2 Å². The first kappa shape index (κ1) is 36.1. The van der Waals surface area contributed by atoms with Crippen molar-refractivity contribution in [3.63, 3.8) is 0 Å². The molecule has 2 fully saturated rings. The van der Waals surface area contributed by atoms with Crippen molar-refractivity contribution < 1.29 is 10.2 Å². The second-order valence-corrected chi connectivity index (χ2v) is 18.1. The number of aromatic nitrogens is 3. The minimum absolute atomic E-state index is 0.255. The van der Waals surface area contributed by atoms with E-state index < -0.39 is 5.60 Å². The van der Waals surface area contributed by atoms with E-state index in [0.29, 0.717) is 37.2 Å². The molecule has 2 aromatic heterocycles. The van der Waals surface area contributed by atoms with E-state index in [4.69, 9.17) is 4.99 Å². The molecule has 2 unspecified atom stereocenters. The third-order valence-corrected chi connectivity index (χ3v) is 14.5. The summed E-state index contributed by atoms with van der Waals surface area (Å²) in [6, 6.07) is 34.9. The summed E-state index contributed by atoms with van der Waals surface area (Å²) in [6.45, 7) is 10.2. The maximum atomic E-state index is 11.6. The molecule has 4 aliphatic rings. The van der Waals surface area contributed by atoms with Crippen molar-refractivity contribution in [3.8, 4) is 10.8 Å². The van der Waals surface area contributed by atoms with Crippen LogP contribution in [-0.2, 0) is 13.0 Å². The van der Waals surface area contributed by atoms with Crippen LogP contribution in [0.5, 0.6) is 5.75 Å². The van der Waals surface area contributed by atoms with E-state index in [1.807, 2.05) is 19.1 Å². The van der Waals surface area contributed by atoms with Gasteiger partial charge in [0.2, 0.25) is 0 Å². The van der Waals surface area contributed by atoms with Crippen molar-refractivity contribution in [3.05, 3.63) is 153 Å². The molecular weight excluding hydrogens is 725 g/mol. The molecule has 3 aliphatic heterocycles. The van der Waals surface area contributed by atoms with Crippen LogP contribution in [0.25, 0.3) is 5.00 Å². The molecule has 2 saturated heterocycles. The molecule has 2 N–H and O–H groups in total. The van der Waals surface area contributed by atoms with Crippen LogP contribution in [0.3, 0.4) is 0 Å². The van der Waals surface area contributed by atoms with Gasteiger partial charge in [0.15, 0.2) is 5.82 Å². The Morgan fingerprint density at radius 2 is 1.51 bits per heavy atom. The van der Waals surface area contributed by atoms with Gasteiger partial charge in [-0.05, 0) is 129 Å². The second-order valence-electron chi connectivity index (χ2n) is 16.9. The van der Waals surface area contributed by atoms with Crippen molar-refractivity contribution in [1.82, 2.24) is 14.8 Å². The Balaban J connectivity index is 0.765. The third kappa shape index (κ3) is 6.54. The highest BCUT2D eigenvalue weighted by Gasteiger charge is 2.43. The molecule has 0 bridgehead atoms. The molecule has 0 saturated carbocycles. The van der Waals surface area contributed by atoms with Crippen molar-refractivity contribution >= 4 is 28.4 Å². The Labute approximate surface area is 339 Å². The number of phenols is 1. The highest BCUT2D eigenvalue weighted by molar-refractivity contribution is 7.15. The monoisotopic (exact) mass is 774 g/mol. The number of hydrogen-bond donors (Lipinski definition) is 2. The summed E-state index contributed by atoms with van der Waals surface area (Å²) in [6.07, 6.45) is 5.08. The van der Waals surface area contributed by atoms with Gasteiger partial charge in [-0.15, -0.1) is 21.5 Å². The molecule has 57 heavy (non-hydrogen) atoms. The lowest BCUT2D eigenvalue weighted by molar-refractivity contribution is -0.0133. The number of β-amino-alcohol motifs (C(OH)–C–C–N with tert-alkyl or cyclic N) is 1. The predicted molar refractivity (Wildman–Crippen MR) is 230 cm³/mol. The molecule has 0 amide bonds. The number of aliphatic imine (C=N–C) groups is 1. The number of piperidine rings is 1. The quantitative estimate of drug-likeness (QED) is 0.168. The molecule has 0 spiro atoms. The van der Waals surface area contributed by atoms with E-state index in [0.717, 1.165) is 78.8 Å². The summed E-state index contributed by atoms with van der Waals surface area (Å²) in [5, 5.41) is 31.8. The van der Waals surface area contributed by atoms with Gasteiger partial charge in [0.25, 0.3) is 0 Å². The van der Waals surface area contributed by atoms with Gasteiger partial charge in [-0.2, -0.15) is 0 Å². The zero-order chi connectivity index (χ0) is 38.8. The molecule has 0 radical (unpaired) electrons. The normalized spacial score (nSPS) is 20.2. The maximum absolute atomic E-state index is 11.6. The summed E-state index contributed by atoms with van der Waals surface area (Å²) >= 11 is 1.78. The highest BCUT2D eigenvalue weighted by Crippen LogP contribution is 2.47. The Morgan fingerprint density at radius 1 is 0.789 bits per heavy atom. The minimum atomic E-state index is -0.645. The van der Waals surface area contributed by atoms with Crippen LogP contribution in [-0.4, -0.2) is 62.5 Å². The molecule has 290 valence electrons. The molecule has 10 rings (SSSR count). The van der Waals surface area contributed by atoms with E-state index in [-0.39, 0.29) is 5.92 Å². The standard InChI is InChI=1S/C48H50N6O2S/c1-30-31(2)57-47-44(30)46(49-27-43-51-50-32(3)54(43)47)36-11-16-39(17-12-36)53-28-48(56,29-53)26-33-21-23-52(24-22-33)38-14-9-35(10-15-38)45-41(34-7-5-4-6-8-34)19-13-37-25-40(55)18-20-42(37)45/h4-12,14-18,20,25,33,41,45,55-56H,13,19,21-24,26-29H2,1-3H3. The maximum Gasteiger partial charge on any atom is 0.160 e. The van der Waals surface area contributed by atoms with Crippen LogP contribution in [0.1, 0.15) is 93.0 Å². The number of hydrogen-bond acceptors (Lipinski definition) is 8. The molecule has 2 atom stereocenters. The number of aryl methyl sites for hydroxylation is 3. The first-order valence-corrected chi connectivity index (χ1v) is 21.4. The number of phenolic OH excluding ortho intramolecular Hbond substituents is 1. The zero-order valence-corrected chi connectivity index (χ0v) is 33.8. The summed E-state index contributed by atoms with van der Waals surface area (Å²) in [5.41, 5.74) is 11.6. The Hall–Kier alpha value is -5.25. The summed E-state index contributed by atoms with van der Waals surface area (Å²) in [4.78, 5) is 11.2. The number of benzene rings is 4. The predicted octanol–water partition coefficient (Wildman–Crippen LogP) is 9.03. The van der Waals surface area contributed by atoms with Crippen LogP contribution in [0.15, 0.2) is 102 Å². The third-order valence-electron chi connectivity index (χ3n) is 13.3. The fourth-order valence-electron chi connectivity index (χ4n) is 10.2. The van der Waals surface area contributed by atoms with Crippen molar-refractivity contribution in [2.24, 2.45) is 10.9 Å². The van der Waals surface area contributed by atoms with Crippen molar-refractivity contribution in [2.45, 2.75) is 76.9 Å². The van der Waals surface area contributed by atoms with Crippen LogP contribution >= 0.6 is 11.3 Å². The lowest BCUT2D eigenvalue weighted by Crippen LogP contribution is -2.63. The number of aromatic hydroxyl groups is 1. The minimum Gasteiger partial charge on any atom is -0.508 e. The van der Waals surface area contributed by atoms with E-state index in [1.54, 1.807) is 11.3 Å². The smallest absolute Gasteiger partial charge is 0.160 e. The molecule has 1 aliphatic carbocycles. The average Bonchev–Trinajstić information content (AvgIpc) is 3.67. The highest BCUT2D eigenvalue weighted by atomic mass is 32.1. The molecule has 9 heteroatoms. The molecule has 8 nitrogen and oxygen atoms in total. The SMILES string of the molecule is Cc1sc2c(c1C)C(c1ccc(N3CC(O)(CC4CCN(c5ccc(C6c7ccc(O)cc7CCC6c6ccccc6)cc5)CC4)C3)cc1)=NCc1nnc(C)n1-2. The number of anilines is 2. The number of rotatable bonds is 7. The second kappa shape index (κ2) is 14.3. The first-order valence-electron chi connectivity index (χ1n) is 20.6. The zero-order valence-electron chi connectivity index (χ0n) is 33.0. The lowest BCUT2D eigenvalue weighted by Gasteiger charge is -2.50. The Bertz CT molecular complexity index is 2460. The van der Waals surface area contributed by atoms with Gasteiger partial charge in [0.1, 0.15) is 23.1 Å². The van der Waals surface area contributed by atoms with Crippen molar-refractivity contribution in [1.29, 1.82) is 0 Å². The molecule has 5 heterocycles. The lowest BCUT2D eigenvalue weighted by atomic mass is 9.69.